The van der Waals surface area contributed by atoms with E-state index in [1.807, 2.05) is 12.1 Å². The number of hydrogen-bond donors (Lipinski definition) is 2. The second kappa shape index (κ2) is 5.59. The first-order chi connectivity index (χ1) is 9.91. The molecule has 0 aliphatic carbocycles. The number of aromatic amines is 1. The van der Waals surface area contributed by atoms with Crippen LogP contribution in [0.5, 0.6) is 0 Å². The SMILES string of the molecule is CC(C)(C)N1CC(c2nc(NCc3ccc(Cl)s3)n[nH]2)C1. The number of likely N-dealkylation sites (tertiary alicyclic amines) is 1. The van der Waals surface area contributed by atoms with Crippen LogP contribution in [0.25, 0.3) is 0 Å². The van der Waals surface area contributed by atoms with E-state index in [4.69, 9.17) is 11.6 Å². The van der Waals surface area contributed by atoms with E-state index in [1.165, 1.54) is 4.88 Å². The fourth-order valence-electron chi connectivity index (χ4n) is 2.35. The molecule has 0 bridgehead atoms. The van der Waals surface area contributed by atoms with Gasteiger partial charge in [-0.15, -0.1) is 16.4 Å². The van der Waals surface area contributed by atoms with Gasteiger partial charge in [-0.05, 0) is 32.9 Å². The minimum Gasteiger partial charge on any atom is -0.348 e. The van der Waals surface area contributed by atoms with Crippen LogP contribution in [-0.4, -0.2) is 38.7 Å². The maximum Gasteiger partial charge on any atom is 0.242 e. The third-order valence-corrected chi connectivity index (χ3v) is 5.00. The molecule has 3 heterocycles. The molecule has 3 rings (SSSR count). The van der Waals surface area contributed by atoms with Crippen LogP contribution in [0.15, 0.2) is 12.1 Å². The Labute approximate surface area is 133 Å². The summed E-state index contributed by atoms with van der Waals surface area (Å²) in [4.78, 5) is 8.16. The zero-order valence-electron chi connectivity index (χ0n) is 12.5. The molecule has 0 aromatic carbocycles. The van der Waals surface area contributed by atoms with Crippen LogP contribution < -0.4 is 5.32 Å². The summed E-state index contributed by atoms with van der Waals surface area (Å²) >= 11 is 7.48. The summed E-state index contributed by atoms with van der Waals surface area (Å²) in [5, 5.41) is 10.5. The Morgan fingerprint density at radius 2 is 2.19 bits per heavy atom. The van der Waals surface area contributed by atoms with Crippen LogP contribution in [0, 0.1) is 0 Å². The summed E-state index contributed by atoms with van der Waals surface area (Å²) in [6.07, 6.45) is 0. The van der Waals surface area contributed by atoms with E-state index in [-0.39, 0.29) is 5.54 Å². The third kappa shape index (κ3) is 3.39. The smallest absolute Gasteiger partial charge is 0.242 e. The quantitative estimate of drug-likeness (QED) is 0.905. The van der Waals surface area contributed by atoms with E-state index in [9.17, 15) is 0 Å². The molecule has 1 aliphatic heterocycles. The molecule has 0 saturated carbocycles. The summed E-state index contributed by atoms with van der Waals surface area (Å²) in [6, 6.07) is 3.92. The highest BCUT2D eigenvalue weighted by Gasteiger charge is 2.36. The van der Waals surface area contributed by atoms with Crippen LogP contribution in [0.4, 0.5) is 5.95 Å². The molecular weight excluding hydrogens is 306 g/mol. The van der Waals surface area contributed by atoms with Gasteiger partial charge in [0.1, 0.15) is 5.82 Å². The van der Waals surface area contributed by atoms with Crippen molar-refractivity contribution in [1.82, 2.24) is 20.1 Å². The average Bonchev–Trinajstić information content (AvgIpc) is 2.92. The molecule has 114 valence electrons. The number of hydrogen-bond acceptors (Lipinski definition) is 5. The molecule has 0 unspecified atom stereocenters. The van der Waals surface area contributed by atoms with Crippen molar-refractivity contribution >= 4 is 28.9 Å². The highest BCUT2D eigenvalue weighted by molar-refractivity contribution is 7.16. The molecule has 7 heteroatoms. The van der Waals surface area contributed by atoms with Crippen molar-refractivity contribution in [2.75, 3.05) is 18.4 Å². The van der Waals surface area contributed by atoms with Gasteiger partial charge in [0.25, 0.3) is 0 Å². The van der Waals surface area contributed by atoms with Crippen molar-refractivity contribution in [3.8, 4) is 0 Å². The van der Waals surface area contributed by atoms with Crippen molar-refractivity contribution in [3.05, 3.63) is 27.2 Å². The van der Waals surface area contributed by atoms with Gasteiger partial charge in [0, 0.05) is 29.4 Å². The second-order valence-corrected chi connectivity index (χ2v) is 8.18. The molecular formula is C14H20ClN5S. The van der Waals surface area contributed by atoms with Gasteiger partial charge in [-0.3, -0.25) is 10.00 Å². The highest BCUT2D eigenvalue weighted by Crippen LogP contribution is 2.31. The molecule has 0 radical (unpaired) electrons. The fourth-order valence-corrected chi connectivity index (χ4v) is 3.38. The lowest BCUT2D eigenvalue weighted by Crippen LogP contribution is -2.54. The van der Waals surface area contributed by atoms with Gasteiger partial charge in [0.05, 0.1) is 10.9 Å². The maximum atomic E-state index is 5.91. The van der Waals surface area contributed by atoms with Crippen molar-refractivity contribution in [2.24, 2.45) is 0 Å². The molecule has 2 aromatic rings. The maximum absolute atomic E-state index is 5.91. The van der Waals surface area contributed by atoms with Gasteiger partial charge in [-0.1, -0.05) is 11.6 Å². The first kappa shape index (κ1) is 14.8. The minimum atomic E-state index is 0.232. The lowest BCUT2D eigenvalue weighted by atomic mass is 9.92. The molecule has 0 atom stereocenters. The number of anilines is 1. The Hall–Kier alpha value is -1.11. The van der Waals surface area contributed by atoms with Gasteiger partial charge in [-0.25, -0.2) is 0 Å². The van der Waals surface area contributed by atoms with Crippen molar-refractivity contribution in [1.29, 1.82) is 0 Å². The van der Waals surface area contributed by atoms with Crippen LogP contribution >= 0.6 is 22.9 Å². The summed E-state index contributed by atoms with van der Waals surface area (Å²) < 4.78 is 0.805. The first-order valence-corrected chi connectivity index (χ1v) is 8.27. The topological polar surface area (TPSA) is 56.8 Å². The zero-order chi connectivity index (χ0) is 15.0. The Balaban J connectivity index is 1.53. The first-order valence-electron chi connectivity index (χ1n) is 7.07. The largest absolute Gasteiger partial charge is 0.348 e. The Morgan fingerprint density at radius 1 is 1.43 bits per heavy atom. The van der Waals surface area contributed by atoms with Crippen molar-refractivity contribution in [3.63, 3.8) is 0 Å². The standard InChI is InChI=1S/C14H20ClN5S/c1-14(2,3)20-7-9(8-20)12-17-13(19-18-12)16-6-10-4-5-11(15)21-10/h4-5,9H,6-8H2,1-3H3,(H2,16,17,18,19). The predicted molar refractivity (Wildman–Crippen MR) is 87.1 cm³/mol. The van der Waals surface area contributed by atoms with E-state index in [1.54, 1.807) is 11.3 Å². The molecule has 2 aromatic heterocycles. The number of H-pyrrole nitrogens is 1. The van der Waals surface area contributed by atoms with Crippen LogP contribution in [-0.2, 0) is 6.54 Å². The Morgan fingerprint density at radius 3 is 2.81 bits per heavy atom. The summed E-state index contributed by atoms with van der Waals surface area (Å²) in [5.74, 6) is 2.09. The number of thiophene rings is 1. The van der Waals surface area contributed by atoms with E-state index >= 15 is 0 Å². The normalized spacial score (nSPS) is 17.0. The van der Waals surface area contributed by atoms with Crippen molar-refractivity contribution < 1.29 is 0 Å². The molecule has 1 aliphatic rings. The minimum absolute atomic E-state index is 0.232. The van der Waals surface area contributed by atoms with E-state index in [0.717, 1.165) is 23.3 Å². The van der Waals surface area contributed by atoms with Crippen LogP contribution in [0.1, 0.15) is 37.4 Å². The summed E-state index contributed by atoms with van der Waals surface area (Å²) in [7, 11) is 0. The van der Waals surface area contributed by atoms with Gasteiger partial charge in [0.15, 0.2) is 0 Å². The lowest BCUT2D eigenvalue weighted by Gasteiger charge is -2.46. The third-order valence-electron chi connectivity index (χ3n) is 3.77. The summed E-state index contributed by atoms with van der Waals surface area (Å²) in [6.45, 7) is 9.50. The molecule has 21 heavy (non-hydrogen) atoms. The molecule has 5 nitrogen and oxygen atoms in total. The van der Waals surface area contributed by atoms with E-state index in [2.05, 4.69) is 46.2 Å². The van der Waals surface area contributed by atoms with Crippen LogP contribution in [0.2, 0.25) is 4.34 Å². The molecule has 1 saturated heterocycles. The number of halogens is 1. The fraction of sp³-hybridized carbons (Fsp3) is 0.571. The van der Waals surface area contributed by atoms with Gasteiger partial charge in [-0.2, -0.15) is 4.98 Å². The number of rotatable bonds is 4. The highest BCUT2D eigenvalue weighted by atomic mass is 35.5. The number of nitrogens with one attached hydrogen (secondary N) is 2. The molecule has 1 fully saturated rings. The number of nitrogens with zero attached hydrogens (tertiary/aromatic N) is 3. The zero-order valence-corrected chi connectivity index (χ0v) is 14.1. The molecule has 2 N–H and O–H groups in total. The summed E-state index contributed by atoms with van der Waals surface area (Å²) in [5.41, 5.74) is 0.232. The van der Waals surface area contributed by atoms with Crippen LogP contribution in [0.3, 0.4) is 0 Å². The molecule has 0 spiro atoms. The predicted octanol–water partition coefficient (Wildman–Crippen LogP) is 3.33. The van der Waals surface area contributed by atoms with E-state index < -0.39 is 0 Å². The lowest BCUT2D eigenvalue weighted by molar-refractivity contribution is 0.0442. The van der Waals surface area contributed by atoms with Crippen molar-refractivity contribution in [2.45, 2.75) is 38.8 Å². The molecule has 0 amide bonds. The second-order valence-electron chi connectivity index (χ2n) is 6.38. The van der Waals surface area contributed by atoms with Gasteiger partial charge >= 0.3 is 0 Å². The van der Waals surface area contributed by atoms with Gasteiger partial charge in [0.2, 0.25) is 5.95 Å². The van der Waals surface area contributed by atoms with Gasteiger partial charge < -0.3 is 5.32 Å². The number of aromatic nitrogens is 3. The Kier molecular flexibility index (Phi) is 3.94. The monoisotopic (exact) mass is 325 g/mol. The average molecular weight is 326 g/mol. The van der Waals surface area contributed by atoms with E-state index in [0.29, 0.717) is 18.4 Å². The Bertz CT molecular complexity index is 609.